The summed E-state index contributed by atoms with van der Waals surface area (Å²) in [4.78, 5) is 11.7. The molecule has 2 rings (SSSR count). The molecule has 18 heavy (non-hydrogen) atoms. The molecular formula is C13H16O5. The average Bonchev–Trinajstić information content (AvgIpc) is 2.91. The first-order chi connectivity index (χ1) is 8.76. The predicted molar refractivity (Wildman–Crippen MR) is 64.2 cm³/mol. The van der Waals surface area contributed by atoms with Crippen LogP contribution in [0.3, 0.4) is 0 Å². The number of carbonyl (C=O) groups is 1. The standard InChI is InChI=1S/C13H16O5/c1-15-11-5-3-4-10(13(14)16-2)12(11)18-9-6-7-17-8-9/h3-5,9H,6-8H2,1-2H3. The summed E-state index contributed by atoms with van der Waals surface area (Å²) in [7, 11) is 2.87. The second kappa shape index (κ2) is 5.73. The summed E-state index contributed by atoms with van der Waals surface area (Å²) in [6.07, 6.45) is 0.753. The Morgan fingerprint density at radius 3 is 2.83 bits per heavy atom. The lowest BCUT2D eigenvalue weighted by Crippen LogP contribution is -2.18. The first kappa shape index (κ1) is 12.7. The molecule has 98 valence electrons. The van der Waals surface area contributed by atoms with Crippen molar-refractivity contribution in [1.29, 1.82) is 0 Å². The zero-order valence-corrected chi connectivity index (χ0v) is 10.5. The third-order valence-corrected chi connectivity index (χ3v) is 2.78. The number of esters is 1. The fraction of sp³-hybridized carbons (Fsp3) is 0.462. The molecule has 1 atom stereocenters. The van der Waals surface area contributed by atoms with Crippen LogP contribution in [0.5, 0.6) is 11.5 Å². The van der Waals surface area contributed by atoms with Crippen LogP contribution in [0.1, 0.15) is 16.8 Å². The van der Waals surface area contributed by atoms with Crippen LogP contribution in [0.2, 0.25) is 0 Å². The molecule has 0 saturated carbocycles. The fourth-order valence-electron chi connectivity index (χ4n) is 1.84. The normalized spacial score (nSPS) is 18.4. The highest BCUT2D eigenvalue weighted by Gasteiger charge is 2.23. The molecular weight excluding hydrogens is 236 g/mol. The van der Waals surface area contributed by atoms with E-state index in [-0.39, 0.29) is 6.10 Å². The van der Waals surface area contributed by atoms with E-state index in [1.54, 1.807) is 18.2 Å². The zero-order valence-electron chi connectivity index (χ0n) is 10.5. The van der Waals surface area contributed by atoms with Crippen molar-refractivity contribution in [3.05, 3.63) is 23.8 Å². The third-order valence-electron chi connectivity index (χ3n) is 2.78. The summed E-state index contributed by atoms with van der Waals surface area (Å²) in [6, 6.07) is 5.13. The molecule has 1 unspecified atom stereocenters. The van der Waals surface area contributed by atoms with Crippen molar-refractivity contribution in [3.8, 4) is 11.5 Å². The van der Waals surface area contributed by atoms with Crippen molar-refractivity contribution in [2.45, 2.75) is 12.5 Å². The number of methoxy groups -OCH3 is 2. The molecule has 1 aliphatic heterocycles. The van der Waals surface area contributed by atoms with Gasteiger partial charge in [0.25, 0.3) is 0 Å². The van der Waals surface area contributed by atoms with Crippen LogP contribution in [0, 0.1) is 0 Å². The Bertz CT molecular complexity index is 423. The number of rotatable bonds is 4. The molecule has 0 spiro atoms. The van der Waals surface area contributed by atoms with Gasteiger partial charge in [0.05, 0.1) is 27.4 Å². The minimum absolute atomic E-state index is 0.0512. The van der Waals surface area contributed by atoms with Crippen LogP contribution in [0.25, 0.3) is 0 Å². The van der Waals surface area contributed by atoms with Gasteiger partial charge in [0.15, 0.2) is 11.5 Å². The number of ether oxygens (including phenoxy) is 4. The number of benzene rings is 1. The number of hydrogen-bond donors (Lipinski definition) is 0. The van der Waals surface area contributed by atoms with E-state index < -0.39 is 5.97 Å². The van der Waals surface area contributed by atoms with Crippen molar-refractivity contribution < 1.29 is 23.7 Å². The minimum atomic E-state index is -0.442. The molecule has 1 fully saturated rings. The number of hydrogen-bond acceptors (Lipinski definition) is 5. The fourth-order valence-corrected chi connectivity index (χ4v) is 1.84. The highest BCUT2D eigenvalue weighted by atomic mass is 16.6. The van der Waals surface area contributed by atoms with Crippen molar-refractivity contribution in [2.24, 2.45) is 0 Å². The van der Waals surface area contributed by atoms with E-state index in [0.29, 0.717) is 30.3 Å². The molecule has 0 radical (unpaired) electrons. The van der Waals surface area contributed by atoms with Gasteiger partial charge in [-0.2, -0.15) is 0 Å². The predicted octanol–water partition coefficient (Wildman–Crippen LogP) is 1.65. The second-order valence-corrected chi connectivity index (χ2v) is 3.93. The van der Waals surface area contributed by atoms with E-state index >= 15 is 0 Å². The van der Waals surface area contributed by atoms with Crippen LogP contribution in [-0.2, 0) is 9.47 Å². The Balaban J connectivity index is 2.30. The Kier molecular flexibility index (Phi) is 4.04. The molecule has 1 aromatic carbocycles. The summed E-state index contributed by atoms with van der Waals surface area (Å²) in [5.74, 6) is 0.495. The van der Waals surface area contributed by atoms with Crippen LogP contribution in [0.4, 0.5) is 0 Å². The molecule has 0 N–H and O–H groups in total. The molecule has 5 nitrogen and oxygen atoms in total. The summed E-state index contributed by atoms with van der Waals surface area (Å²) in [5.41, 5.74) is 0.365. The highest BCUT2D eigenvalue weighted by Crippen LogP contribution is 2.33. The lowest BCUT2D eigenvalue weighted by molar-refractivity contribution is 0.0590. The van der Waals surface area contributed by atoms with Crippen molar-refractivity contribution in [2.75, 3.05) is 27.4 Å². The molecule has 1 aromatic rings. The maximum atomic E-state index is 11.7. The summed E-state index contributed by atoms with van der Waals surface area (Å²) in [6.45, 7) is 1.20. The van der Waals surface area contributed by atoms with E-state index in [9.17, 15) is 4.79 Å². The summed E-state index contributed by atoms with van der Waals surface area (Å²) in [5, 5.41) is 0. The van der Waals surface area contributed by atoms with E-state index in [2.05, 4.69) is 0 Å². The molecule has 1 saturated heterocycles. The Morgan fingerprint density at radius 1 is 1.39 bits per heavy atom. The van der Waals surface area contributed by atoms with E-state index in [4.69, 9.17) is 18.9 Å². The average molecular weight is 252 g/mol. The van der Waals surface area contributed by atoms with Gasteiger partial charge in [-0.15, -0.1) is 0 Å². The Hall–Kier alpha value is -1.75. The Morgan fingerprint density at radius 2 is 2.22 bits per heavy atom. The van der Waals surface area contributed by atoms with Gasteiger partial charge in [0.2, 0.25) is 0 Å². The van der Waals surface area contributed by atoms with Crippen LogP contribution in [-0.4, -0.2) is 39.5 Å². The topological polar surface area (TPSA) is 54.0 Å². The van der Waals surface area contributed by atoms with Gasteiger partial charge in [0.1, 0.15) is 11.7 Å². The maximum Gasteiger partial charge on any atom is 0.341 e. The third kappa shape index (κ3) is 2.56. The molecule has 0 bridgehead atoms. The summed E-state index contributed by atoms with van der Waals surface area (Å²) >= 11 is 0. The van der Waals surface area contributed by atoms with Gasteiger partial charge in [-0.3, -0.25) is 0 Å². The molecule has 0 amide bonds. The monoisotopic (exact) mass is 252 g/mol. The smallest absolute Gasteiger partial charge is 0.341 e. The number of carbonyl (C=O) groups excluding carboxylic acids is 1. The largest absolute Gasteiger partial charge is 0.493 e. The van der Waals surface area contributed by atoms with Crippen LogP contribution < -0.4 is 9.47 Å². The van der Waals surface area contributed by atoms with Crippen molar-refractivity contribution >= 4 is 5.97 Å². The zero-order chi connectivity index (χ0) is 13.0. The van der Waals surface area contributed by atoms with Crippen molar-refractivity contribution in [1.82, 2.24) is 0 Å². The molecule has 5 heteroatoms. The lowest BCUT2D eigenvalue weighted by Gasteiger charge is -2.17. The maximum absolute atomic E-state index is 11.7. The minimum Gasteiger partial charge on any atom is -0.493 e. The second-order valence-electron chi connectivity index (χ2n) is 3.93. The van der Waals surface area contributed by atoms with Gasteiger partial charge >= 0.3 is 5.97 Å². The highest BCUT2D eigenvalue weighted by molar-refractivity contribution is 5.93. The van der Waals surface area contributed by atoms with Gasteiger partial charge in [-0.05, 0) is 12.1 Å². The van der Waals surface area contributed by atoms with Gasteiger partial charge in [-0.1, -0.05) is 6.07 Å². The molecule has 1 heterocycles. The quantitative estimate of drug-likeness (QED) is 0.763. The molecule has 0 aliphatic carbocycles. The lowest BCUT2D eigenvalue weighted by atomic mass is 10.2. The van der Waals surface area contributed by atoms with E-state index in [1.165, 1.54) is 14.2 Å². The summed E-state index contributed by atoms with van der Waals surface area (Å²) < 4.78 is 21.0. The molecule has 1 aliphatic rings. The van der Waals surface area contributed by atoms with Crippen LogP contribution in [0.15, 0.2) is 18.2 Å². The number of para-hydroxylation sites is 1. The van der Waals surface area contributed by atoms with Gasteiger partial charge < -0.3 is 18.9 Å². The van der Waals surface area contributed by atoms with Crippen molar-refractivity contribution in [3.63, 3.8) is 0 Å². The van der Waals surface area contributed by atoms with Gasteiger partial charge in [-0.25, -0.2) is 4.79 Å². The first-order valence-electron chi connectivity index (χ1n) is 5.76. The Labute approximate surface area is 106 Å². The van der Waals surface area contributed by atoms with E-state index in [0.717, 1.165) is 6.42 Å². The van der Waals surface area contributed by atoms with Gasteiger partial charge in [0, 0.05) is 6.42 Å². The van der Waals surface area contributed by atoms with Crippen LogP contribution >= 0.6 is 0 Å². The van der Waals surface area contributed by atoms with E-state index in [1.807, 2.05) is 0 Å². The SMILES string of the molecule is COC(=O)c1cccc(OC)c1OC1CCOC1. The first-order valence-corrected chi connectivity index (χ1v) is 5.76. The molecule has 0 aromatic heterocycles.